The third kappa shape index (κ3) is 2.07. The van der Waals surface area contributed by atoms with Crippen LogP contribution < -0.4 is 0 Å². The van der Waals surface area contributed by atoms with E-state index in [0.29, 0.717) is 0 Å². The van der Waals surface area contributed by atoms with Gasteiger partial charge in [0.1, 0.15) is 0 Å². The summed E-state index contributed by atoms with van der Waals surface area (Å²) in [6.45, 7) is 1.60. The average molecular weight is 221 g/mol. The molecule has 0 nitrogen and oxygen atoms in total. The van der Waals surface area contributed by atoms with Gasteiger partial charge in [0.2, 0.25) is 0 Å². The smallest absolute Gasteiger partial charge is 0.267 e. The van der Waals surface area contributed by atoms with Gasteiger partial charge in [-0.3, -0.25) is 8.22 Å². The summed E-state index contributed by atoms with van der Waals surface area (Å²) in [6.07, 6.45) is 0. The molecule has 2 aromatic rings. The maximum atomic E-state index is 12.6. The second kappa shape index (κ2) is 4.11. The molecule has 0 aliphatic carbocycles. The molecular formula is C12H11F2Si. The Morgan fingerprint density at radius 2 is 1.67 bits per heavy atom. The number of rotatable bonds is 2. The summed E-state index contributed by atoms with van der Waals surface area (Å²) in [5, 5.41) is 2.13. The zero-order chi connectivity index (χ0) is 10.8. The minimum Gasteiger partial charge on any atom is -0.267 e. The molecule has 3 heteroatoms. The first-order valence-electron chi connectivity index (χ1n) is 4.85. The SMILES string of the molecule is CC(c1ccc2ccccc2c1)[Si](F)F. The molecule has 0 saturated carbocycles. The van der Waals surface area contributed by atoms with Gasteiger partial charge in [-0.1, -0.05) is 49.4 Å². The standard InChI is InChI=1S/C12H11F2Si/c1-9(15(13)14)11-7-6-10-4-2-3-5-12(10)8-11/h2-9H,1H3. The van der Waals surface area contributed by atoms with Crippen molar-refractivity contribution in [3.63, 3.8) is 0 Å². The normalized spacial score (nSPS) is 13.3. The first-order chi connectivity index (χ1) is 7.18. The molecule has 2 aromatic carbocycles. The van der Waals surface area contributed by atoms with Crippen LogP contribution in [0, 0.1) is 0 Å². The van der Waals surface area contributed by atoms with Gasteiger partial charge in [-0.2, -0.15) is 0 Å². The lowest BCUT2D eigenvalue weighted by atomic mass is 10.1. The molecule has 1 unspecified atom stereocenters. The van der Waals surface area contributed by atoms with Gasteiger partial charge in [-0.15, -0.1) is 0 Å². The Hall–Kier alpha value is -1.22. The second-order valence-corrected chi connectivity index (χ2v) is 5.06. The predicted octanol–water partition coefficient (Wildman–Crippen LogP) is 3.91. The van der Waals surface area contributed by atoms with Crippen LogP contribution in [-0.2, 0) is 0 Å². The minimum atomic E-state index is -3.23. The quantitative estimate of drug-likeness (QED) is 0.533. The van der Waals surface area contributed by atoms with Gasteiger partial charge in [0.15, 0.2) is 0 Å². The van der Waals surface area contributed by atoms with Crippen LogP contribution in [-0.4, -0.2) is 9.46 Å². The van der Waals surface area contributed by atoms with E-state index in [9.17, 15) is 8.22 Å². The minimum absolute atomic E-state index is 0.598. The number of fused-ring (bicyclic) bond motifs is 1. The maximum absolute atomic E-state index is 12.6. The molecule has 0 aromatic heterocycles. The third-order valence-electron chi connectivity index (χ3n) is 2.60. The largest absolute Gasteiger partial charge is 0.484 e. The molecule has 2 rings (SSSR count). The van der Waals surface area contributed by atoms with E-state index < -0.39 is 15.0 Å². The van der Waals surface area contributed by atoms with Gasteiger partial charge in [0.25, 0.3) is 0 Å². The van der Waals surface area contributed by atoms with E-state index in [4.69, 9.17) is 0 Å². The molecule has 0 fully saturated rings. The van der Waals surface area contributed by atoms with Gasteiger partial charge in [-0.05, 0) is 16.3 Å². The fourth-order valence-electron chi connectivity index (χ4n) is 1.60. The third-order valence-corrected chi connectivity index (χ3v) is 3.59. The summed E-state index contributed by atoms with van der Waals surface area (Å²) >= 11 is 0. The fourth-order valence-corrected chi connectivity index (χ4v) is 2.03. The molecule has 0 aliphatic rings. The van der Waals surface area contributed by atoms with Gasteiger partial charge in [0.05, 0.1) is 0 Å². The Balaban J connectivity index is 2.47. The van der Waals surface area contributed by atoms with Gasteiger partial charge in [-0.25, -0.2) is 0 Å². The van der Waals surface area contributed by atoms with Crippen LogP contribution in [0.2, 0.25) is 0 Å². The summed E-state index contributed by atoms with van der Waals surface area (Å²) in [6, 6.07) is 13.4. The highest BCUT2D eigenvalue weighted by atomic mass is 28.4. The number of hydrogen-bond donors (Lipinski definition) is 0. The molecule has 0 heterocycles. The van der Waals surface area contributed by atoms with Gasteiger partial charge < -0.3 is 0 Å². The van der Waals surface area contributed by atoms with E-state index in [1.807, 2.05) is 36.4 Å². The monoisotopic (exact) mass is 221 g/mol. The molecule has 0 N–H and O–H groups in total. The highest BCUT2D eigenvalue weighted by molar-refractivity contribution is 6.44. The van der Waals surface area contributed by atoms with Crippen molar-refractivity contribution in [1.82, 2.24) is 0 Å². The van der Waals surface area contributed by atoms with E-state index in [1.54, 1.807) is 13.0 Å². The molecule has 1 atom stereocenters. The van der Waals surface area contributed by atoms with Crippen molar-refractivity contribution < 1.29 is 8.22 Å². The Morgan fingerprint density at radius 1 is 1.00 bits per heavy atom. The van der Waals surface area contributed by atoms with Crippen LogP contribution in [0.25, 0.3) is 10.8 Å². The molecule has 1 radical (unpaired) electrons. The molecule has 0 amide bonds. The van der Waals surface area contributed by atoms with Crippen LogP contribution in [0.1, 0.15) is 18.0 Å². The number of hydrogen-bond acceptors (Lipinski definition) is 0. The predicted molar refractivity (Wildman–Crippen MR) is 60.3 cm³/mol. The van der Waals surface area contributed by atoms with Crippen molar-refractivity contribution in [2.75, 3.05) is 0 Å². The first kappa shape index (κ1) is 10.3. The molecular weight excluding hydrogens is 210 g/mol. The van der Waals surface area contributed by atoms with Crippen LogP contribution >= 0.6 is 0 Å². The van der Waals surface area contributed by atoms with Crippen LogP contribution in [0.3, 0.4) is 0 Å². The number of benzene rings is 2. The molecule has 0 bridgehead atoms. The van der Waals surface area contributed by atoms with E-state index in [-0.39, 0.29) is 0 Å². The van der Waals surface area contributed by atoms with E-state index in [1.165, 1.54) is 0 Å². The fraction of sp³-hybridized carbons (Fsp3) is 0.167. The summed E-state index contributed by atoms with van der Waals surface area (Å²) < 4.78 is 25.2. The lowest BCUT2D eigenvalue weighted by molar-refractivity contribution is 0.625. The molecule has 0 saturated heterocycles. The van der Waals surface area contributed by atoms with Crippen molar-refractivity contribution in [3.8, 4) is 0 Å². The number of halogens is 2. The molecule has 0 aliphatic heterocycles. The summed E-state index contributed by atoms with van der Waals surface area (Å²) in [5.74, 6) is 0. The Kier molecular flexibility index (Phi) is 2.82. The van der Waals surface area contributed by atoms with E-state index in [0.717, 1.165) is 16.3 Å². The van der Waals surface area contributed by atoms with Crippen molar-refractivity contribution in [2.45, 2.75) is 12.5 Å². The van der Waals surface area contributed by atoms with Gasteiger partial charge in [0, 0.05) is 5.54 Å². The topological polar surface area (TPSA) is 0 Å². The summed E-state index contributed by atoms with van der Waals surface area (Å²) in [7, 11) is -3.23. The molecule has 15 heavy (non-hydrogen) atoms. The molecule has 0 spiro atoms. The Labute approximate surface area is 89.5 Å². The first-order valence-corrected chi connectivity index (χ1v) is 6.18. The maximum Gasteiger partial charge on any atom is 0.484 e. The van der Waals surface area contributed by atoms with Crippen LogP contribution in [0.4, 0.5) is 8.22 Å². The van der Waals surface area contributed by atoms with Crippen molar-refractivity contribution in [1.29, 1.82) is 0 Å². The summed E-state index contributed by atoms with van der Waals surface area (Å²) in [5.41, 5.74) is 0.146. The van der Waals surface area contributed by atoms with Crippen LogP contribution in [0.15, 0.2) is 42.5 Å². The highest BCUT2D eigenvalue weighted by Crippen LogP contribution is 2.24. The Morgan fingerprint density at radius 3 is 2.33 bits per heavy atom. The van der Waals surface area contributed by atoms with Crippen molar-refractivity contribution >= 4 is 20.2 Å². The lowest BCUT2D eigenvalue weighted by Gasteiger charge is -2.09. The second-order valence-electron chi connectivity index (χ2n) is 3.62. The zero-order valence-corrected chi connectivity index (χ0v) is 9.37. The van der Waals surface area contributed by atoms with E-state index >= 15 is 0 Å². The van der Waals surface area contributed by atoms with E-state index in [2.05, 4.69) is 0 Å². The summed E-state index contributed by atoms with van der Waals surface area (Å²) in [4.78, 5) is 0. The van der Waals surface area contributed by atoms with Crippen molar-refractivity contribution in [3.05, 3.63) is 48.0 Å². The van der Waals surface area contributed by atoms with Crippen LogP contribution in [0.5, 0.6) is 0 Å². The lowest BCUT2D eigenvalue weighted by Crippen LogP contribution is -2.09. The average Bonchev–Trinajstić information content (AvgIpc) is 2.27. The Bertz CT molecular complexity index is 468. The highest BCUT2D eigenvalue weighted by Gasteiger charge is 2.22. The van der Waals surface area contributed by atoms with Gasteiger partial charge >= 0.3 is 9.46 Å². The molecule has 77 valence electrons. The van der Waals surface area contributed by atoms with Crippen molar-refractivity contribution in [2.24, 2.45) is 0 Å². The zero-order valence-electron chi connectivity index (χ0n) is 8.37.